The van der Waals surface area contributed by atoms with E-state index in [-0.39, 0.29) is 11.9 Å². The third kappa shape index (κ3) is 1.63. The van der Waals surface area contributed by atoms with Gasteiger partial charge in [-0.25, -0.2) is 0 Å². The van der Waals surface area contributed by atoms with Crippen LogP contribution in [0.1, 0.15) is 19.3 Å². The van der Waals surface area contributed by atoms with Crippen LogP contribution in [0.2, 0.25) is 0 Å². The Kier molecular flexibility index (Phi) is 2.59. The summed E-state index contributed by atoms with van der Waals surface area (Å²) in [7, 11) is 0. The van der Waals surface area contributed by atoms with Crippen LogP contribution in [0.3, 0.4) is 0 Å². The van der Waals surface area contributed by atoms with E-state index >= 15 is 0 Å². The second kappa shape index (κ2) is 4.11. The van der Waals surface area contributed by atoms with Crippen molar-refractivity contribution in [2.45, 2.75) is 25.3 Å². The molecule has 1 amide bonds. The van der Waals surface area contributed by atoms with E-state index in [0.29, 0.717) is 5.11 Å². The number of rotatable bonds is 1. The summed E-state index contributed by atoms with van der Waals surface area (Å²) in [4.78, 5) is 16.1. The Hall–Kier alpha value is -1.42. The summed E-state index contributed by atoms with van der Waals surface area (Å²) in [5.41, 5.74) is 0.886. The number of amides is 1. The summed E-state index contributed by atoms with van der Waals surface area (Å²) in [6.07, 6.45) is 3.19. The number of carbonyl (C=O) groups is 1. The third-order valence-corrected chi connectivity index (χ3v) is 3.88. The van der Waals surface area contributed by atoms with Gasteiger partial charge in [0.2, 0.25) is 0 Å². The molecule has 4 heteroatoms. The van der Waals surface area contributed by atoms with Gasteiger partial charge in [0.1, 0.15) is 6.04 Å². The zero-order valence-electron chi connectivity index (χ0n) is 9.50. The smallest absolute Gasteiger partial charge is 0.256 e. The number of anilines is 1. The first-order valence-corrected chi connectivity index (χ1v) is 6.39. The van der Waals surface area contributed by atoms with Crippen LogP contribution in [0.25, 0.3) is 0 Å². The monoisotopic (exact) mass is 246 g/mol. The molecule has 0 aromatic heterocycles. The van der Waals surface area contributed by atoms with Gasteiger partial charge in [0.05, 0.1) is 5.69 Å². The molecular formula is C13H14N2OS. The maximum atomic E-state index is 12.3. The highest BCUT2D eigenvalue weighted by atomic mass is 32.1. The molecule has 0 radical (unpaired) electrons. The normalized spacial score (nSPS) is 24.1. The summed E-state index contributed by atoms with van der Waals surface area (Å²) in [5.74, 6) is 0.140. The van der Waals surface area contributed by atoms with Gasteiger partial charge in [0.25, 0.3) is 5.91 Å². The lowest BCUT2D eigenvalue weighted by Crippen LogP contribution is -2.38. The van der Waals surface area contributed by atoms with E-state index in [1.165, 1.54) is 0 Å². The van der Waals surface area contributed by atoms with Crippen molar-refractivity contribution >= 4 is 28.9 Å². The molecule has 0 unspecified atom stereocenters. The van der Waals surface area contributed by atoms with Gasteiger partial charge in [-0.05, 0) is 43.6 Å². The predicted molar refractivity (Wildman–Crippen MR) is 70.9 cm³/mol. The number of benzene rings is 1. The summed E-state index contributed by atoms with van der Waals surface area (Å²) in [6, 6.07) is 9.66. The van der Waals surface area contributed by atoms with Gasteiger partial charge in [0.15, 0.2) is 5.11 Å². The van der Waals surface area contributed by atoms with Crippen molar-refractivity contribution in [2.75, 3.05) is 11.4 Å². The average Bonchev–Trinajstić information content (AvgIpc) is 2.64. The first-order chi connectivity index (χ1) is 8.29. The van der Waals surface area contributed by atoms with Crippen molar-refractivity contribution in [2.24, 2.45) is 0 Å². The molecule has 88 valence electrons. The van der Waals surface area contributed by atoms with Crippen LogP contribution in [0, 0.1) is 0 Å². The number of thiocarbonyl (C=S) groups is 1. The van der Waals surface area contributed by atoms with Gasteiger partial charge in [-0.2, -0.15) is 0 Å². The molecule has 2 aliphatic rings. The van der Waals surface area contributed by atoms with E-state index in [1.807, 2.05) is 30.3 Å². The molecule has 17 heavy (non-hydrogen) atoms. The van der Waals surface area contributed by atoms with Crippen molar-refractivity contribution in [1.82, 2.24) is 4.90 Å². The van der Waals surface area contributed by atoms with Crippen LogP contribution in [0.4, 0.5) is 5.69 Å². The highest BCUT2D eigenvalue weighted by molar-refractivity contribution is 7.80. The Labute approximate surface area is 106 Å². The van der Waals surface area contributed by atoms with E-state index < -0.39 is 0 Å². The largest absolute Gasteiger partial charge is 0.336 e. The van der Waals surface area contributed by atoms with Gasteiger partial charge < -0.3 is 4.90 Å². The molecule has 0 spiro atoms. The van der Waals surface area contributed by atoms with Crippen LogP contribution < -0.4 is 4.90 Å². The fraction of sp³-hybridized carbons (Fsp3) is 0.385. The number of hydrogen-bond donors (Lipinski definition) is 0. The minimum absolute atomic E-state index is 0.0172. The number of carbonyl (C=O) groups excluding carboxylic acids is 1. The van der Waals surface area contributed by atoms with Crippen LogP contribution in [0.15, 0.2) is 30.3 Å². The SMILES string of the molecule is O=C1[C@@H]2CCCCN2C(=S)N1c1ccccc1. The maximum absolute atomic E-state index is 12.3. The van der Waals surface area contributed by atoms with Crippen molar-refractivity contribution in [3.8, 4) is 0 Å². The molecule has 2 saturated heterocycles. The first kappa shape index (κ1) is 10.7. The van der Waals surface area contributed by atoms with Crippen molar-refractivity contribution in [1.29, 1.82) is 0 Å². The molecule has 0 N–H and O–H groups in total. The molecule has 0 bridgehead atoms. The lowest BCUT2D eigenvalue weighted by atomic mass is 10.0. The molecule has 2 fully saturated rings. The number of hydrogen-bond acceptors (Lipinski definition) is 2. The highest BCUT2D eigenvalue weighted by Gasteiger charge is 2.43. The molecule has 2 heterocycles. The van der Waals surface area contributed by atoms with Gasteiger partial charge >= 0.3 is 0 Å². The molecule has 1 aromatic carbocycles. The molecule has 3 rings (SSSR count). The highest BCUT2D eigenvalue weighted by Crippen LogP contribution is 2.30. The minimum Gasteiger partial charge on any atom is -0.336 e. The number of nitrogens with zero attached hydrogens (tertiary/aromatic N) is 2. The minimum atomic E-state index is -0.0172. The summed E-state index contributed by atoms with van der Waals surface area (Å²) >= 11 is 5.43. The topological polar surface area (TPSA) is 23.6 Å². The van der Waals surface area contributed by atoms with Gasteiger partial charge in [-0.1, -0.05) is 18.2 Å². The van der Waals surface area contributed by atoms with Crippen LogP contribution in [-0.2, 0) is 4.79 Å². The lowest BCUT2D eigenvalue weighted by Gasteiger charge is -2.27. The molecule has 2 aliphatic heterocycles. The van der Waals surface area contributed by atoms with Crippen molar-refractivity contribution in [3.63, 3.8) is 0 Å². The van der Waals surface area contributed by atoms with Gasteiger partial charge in [-0.15, -0.1) is 0 Å². The van der Waals surface area contributed by atoms with E-state index in [0.717, 1.165) is 31.5 Å². The number of fused-ring (bicyclic) bond motifs is 1. The van der Waals surface area contributed by atoms with Crippen LogP contribution >= 0.6 is 12.2 Å². The Balaban J connectivity index is 1.96. The standard InChI is InChI=1S/C13H14N2OS/c16-12-11-8-4-5-9-14(11)13(17)15(12)10-6-2-1-3-7-10/h1-3,6-7,11H,4-5,8-9H2/t11-/m0/s1. The molecule has 3 nitrogen and oxygen atoms in total. The second-order valence-corrected chi connectivity index (χ2v) is 4.86. The average molecular weight is 246 g/mol. The predicted octanol–water partition coefficient (Wildman–Crippen LogP) is 2.17. The Morgan fingerprint density at radius 2 is 1.94 bits per heavy atom. The number of piperidine rings is 1. The molecule has 1 aromatic rings. The molecule has 1 atom stereocenters. The zero-order chi connectivity index (χ0) is 11.8. The van der Waals surface area contributed by atoms with E-state index in [9.17, 15) is 4.79 Å². The van der Waals surface area contributed by atoms with Crippen LogP contribution in [0.5, 0.6) is 0 Å². The zero-order valence-corrected chi connectivity index (χ0v) is 10.3. The lowest BCUT2D eigenvalue weighted by molar-refractivity contribution is -0.120. The van der Waals surface area contributed by atoms with Crippen molar-refractivity contribution < 1.29 is 4.79 Å². The molecule has 0 aliphatic carbocycles. The molecular weight excluding hydrogens is 232 g/mol. The van der Waals surface area contributed by atoms with E-state index in [4.69, 9.17) is 12.2 Å². The van der Waals surface area contributed by atoms with Gasteiger partial charge in [0, 0.05) is 6.54 Å². The second-order valence-electron chi connectivity index (χ2n) is 4.50. The summed E-state index contributed by atoms with van der Waals surface area (Å²) in [5, 5.41) is 0.672. The molecule has 0 saturated carbocycles. The quantitative estimate of drug-likeness (QED) is 0.710. The first-order valence-electron chi connectivity index (χ1n) is 5.98. The number of para-hydroxylation sites is 1. The third-order valence-electron chi connectivity index (χ3n) is 3.46. The maximum Gasteiger partial charge on any atom is 0.256 e. The van der Waals surface area contributed by atoms with Gasteiger partial charge in [-0.3, -0.25) is 9.69 Å². The van der Waals surface area contributed by atoms with E-state index in [1.54, 1.807) is 4.90 Å². The fourth-order valence-corrected chi connectivity index (χ4v) is 3.02. The van der Waals surface area contributed by atoms with Crippen LogP contribution in [-0.4, -0.2) is 28.5 Å². The Bertz CT molecular complexity index is 436. The van der Waals surface area contributed by atoms with E-state index in [2.05, 4.69) is 4.90 Å². The Morgan fingerprint density at radius 3 is 2.65 bits per heavy atom. The summed E-state index contributed by atoms with van der Waals surface area (Å²) < 4.78 is 0. The fourth-order valence-electron chi connectivity index (χ4n) is 2.60. The Morgan fingerprint density at radius 1 is 1.18 bits per heavy atom. The van der Waals surface area contributed by atoms with Crippen molar-refractivity contribution in [3.05, 3.63) is 30.3 Å². The summed E-state index contributed by atoms with van der Waals surface area (Å²) in [6.45, 7) is 0.915.